The number of methoxy groups -OCH3 is 1. The molecule has 0 spiro atoms. The Kier molecular flexibility index (Phi) is 7.10. The van der Waals surface area contributed by atoms with Crippen LogP contribution < -0.4 is 10.0 Å². The van der Waals surface area contributed by atoms with Gasteiger partial charge in [0.2, 0.25) is 15.9 Å². The van der Waals surface area contributed by atoms with Gasteiger partial charge in [-0.3, -0.25) is 4.79 Å². The number of benzene rings is 1. The molecule has 0 bridgehead atoms. The van der Waals surface area contributed by atoms with Gasteiger partial charge in [0.25, 0.3) is 0 Å². The minimum absolute atomic E-state index is 0.134. The number of alkyl halides is 1. The fourth-order valence-electron chi connectivity index (χ4n) is 1.62. The summed E-state index contributed by atoms with van der Waals surface area (Å²) in [7, 11) is -2.04. The largest absolute Gasteiger partial charge is 0.383 e. The molecule has 1 rings (SSSR count). The lowest BCUT2D eigenvalue weighted by Gasteiger charge is -2.10. The predicted octanol–water partition coefficient (Wildman–Crippen LogP) is 1.57. The van der Waals surface area contributed by atoms with E-state index in [9.17, 15) is 13.2 Å². The Labute approximate surface area is 129 Å². The number of halogens is 1. The molecule has 8 heteroatoms. The summed E-state index contributed by atoms with van der Waals surface area (Å²) in [5.74, 6) is -0.213. The molecule has 2 N–H and O–H groups in total. The Morgan fingerprint density at radius 1 is 1.33 bits per heavy atom. The summed E-state index contributed by atoms with van der Waals surface area (Å²) in [6.07, 6.45) is 0.471. The summed E-state index contributed by atoms with van der Waals surface area (Å²) in [6, 6.07) is 5.93. The third kappa shape index (κ3) is 6.43. The molecule has 0 heterocycles. The van der Waals surface area contributed by atoms with E-state index in [1.807, 2.05) is 0 Å². The monoisotopic (exact) mass is 334 g/mol. The molecule has 0 aliphatic rings. The zero-order chi connectivity index (χ0) is 15.9. The Bertz CT molecular complexity index is 560. The van der Waals surface area contributed by atoms with Crippen LogP contribution in [0.5, 0.6) is 0 Å². The molecule has 0 fully saturated rings. The molecular formula is C13H19ClN2O4S. The van der Waals surface area contributed by atoms with Crippen molar-refractivity contribution in [2.75, 3.05) is 25.6 Å². The number of carbonyl (C=O) groups excluding carboxylic acids is 1. The first kappa shape index (κ1) is 17.9. The topological polar surface area (TPSA) is 84.5 Å². The first-order chi connectivity index (χ1) is 9.85. The van der Waals surface area contributed by atoms with Gasteiger partial charge in [-0.05, 0) is 30.7 Å². The number of hydrogen-bond donors (Lipinski definition) is 2. The Morgan fingerprint density at radius 3 is 2.48 bits per heavy atom. The van der Waals surface area contributed by atoms with E-state index in [1.54, 1.807) is 0 Å². The van der Waals surface area contributed by atoms with Crippen molar-refractivity contribution in [2.24, 2.45) is 0 Å². The van der Waals surface area contributed by atoms with Crippen LogP contribution in [0.3, 0.4) is 0 Å². The van der Waals surface area contributed by atoms with Gasteiger partial charge in [-0.15, -0.1) is 11.6 Å². The highest BCUT2D eigenvalue weighted by molar-refractivity contribution is 7.89. The molecule has 1 atom stereocenters. The lowest BCUT2D eigenvalue weighted by molar-refractivity contribution is -0.114. The van der Waals surface area contributed by atoms with Gasteiger partial charge in [-0.2, -0.15) is 0 Å². The molecule has 21 heavy (non-hydrogen) atoms. The van der Waals surface area contributed by atoms with E-state index in [0.717, 1.165) is 0 Å². The second-order valence-electron chi connectivity index (χ2n) is 4.44. The quantitative estimate of drug-likeness (QED) is 0.707. The Hall–Kier alpha value is -1.15. The molecule has 6 nitrogen and oxygen atoms in total. The molecule has 0 aliphatic heterocycles. The number of anilines is 1. The lowest BCUT2D eigenvalue weighted by atomic mass is 10.3. The average molecular weight is 335 g/mol. The number of sulfonamides is 1. The predicted molar refractivity (Wildman–Crippen MR) is 82.1 cm³/mol. The van der Waals surface area contributed by atoms with Gasteiger partial charge in [0.15, 0.2) is 0 Å². The van der Waals surface area contributed by atoms with Gasteiger partial charge in [-0.25, -0.2) is 13.1 Å². The highest BCUT2D eigenvalue weighted by atomic mass is 35.5. The molecule has 0 aliphatic carbocycles. The second-order valence-corrected chi connectivity index (χ2v) is 6.83. The minimum Gasteiger partial charge on any atom is -0.383 e. The molecule has 0 radical (unpaired) electrons. The van der Waals surface area contributed by atoms with Gasteiger partial charge in [0, 0.05) is 26.3 Å². The maximum absolute atomic E-state index is 12.0. The number of ether oxygens (including phenoxy) is 1. The van der Waals surface area contributed by atoms with Crippen LogP contribution >= 0.6 is 11.6 Å². The molecule has 1 aromatic rings. The number of nitrogens with one attached hydrogen (secondary N) is 2. The van der Waals surface area contributed by atoms with Crippen molar-refractivity contribution in [3.63, 3.8) is 0 Å². The summed E-state index contributed by atoms with van der Waals surface area (Å²) >= 11 is 5.93. The Balaban J connectivity index is 2.59. The fraction of sp³-hybridized carbons (Fsp3) is 0.462. The van der Waals surface area contributed by atoms with Gasteiger partial charge in [0.05, 0.1) is 16.9 Å². The molecule has 0 saturated heterocycles. The van der Waals surface area contributed by atoms with Crippen molar-refractivity contribution in [1.82, 2.24) is 4.72 Å². The summed E-state index contributed by atoms with van der Waals surface area (Å²) in [4.78, 5) is 11.0. The third-order valence-corrected chi connectivity index (χ3v) is 4.40. The van der Waals surface area contributed by atoms with Crippen molar-refractivity contribution in [2.45, 2.75) is 23.6 Å². The zero-order valence-electron chi connectivity index (χ0n) is 11.9. The number of hydrogen-bond acceptors (Lipinski definition) is 4. The number of amides is 1. The van der Waals surface area contributed by atoms with Crippen molar-refractivity contribution in [3.05, 3.63) is 24.3 Å². The van der Waals surface area contributed by atoms with E-state index in [-0.39, 0.29) is 22.7 Å². The Morgan fingerprint density at radius 2 is 1.95 bits per heavy atom. The number of rotatable bonds is 8. The van der Waals surface area contributed by atoms with Crippen molar-refractivity contribution in [1.29, 1.82) is 0 Å². The van der Waals surface area contributed by atoms with E-state index in [4.69, 9.17) is 16.3 Å². The first-order valence-corrected chi connectivity index (χ1v) is 8.27. The minimum atomic E-state index is -3.58. The van der Waals surface area contributed by atoms with Gasteiger partial charge < -0.3 is 10.1 Å². The first-order valence-electron chi connectivity index (χ1n) is 6.35. The van der Waals surface area contributed by atoms with Crippen LogP contribution in [-0.4, -0.2) is 40.0 Å². The zero-order valence-corrected chi connectivity index (χ0v) is 13.5. The van der Waals surface area contributed by atoms with Gasteiger partial charge in [-0.1, -0.05) is 0 Å². The highest BCUT2D eigenvalue weighted by Crippen LogP contribution is 2.14. The second kappa shape index (κ2) is 8.33. The van der Waals surface area contributed by atoms with Crippen LogP contribution in [0.1, 0.15) is 13.3 Å². The van der Waals surface area contributed by atoms with Crippen molar-refractivity contribution < 1.29 is 17.9 Å². The maximum Gasteiger partial charge on any atom is 0.240 e. The average Bonchev–Trinajstić information content (AvgIpc) is 2.38. The number of carbonyl (C=O) groups is 1. The molecule has 1 amide bonds. The van der Waals surface area contributed by atoms with E-state index in [0.29, 0.717) is 18.7 Å². The van der Waals surface area contributed by atoms with Gasteiger partial charge >= 0.3 is 0 Å². The van der Waals surface area contributed by atoms with Crippen LogP contribution in [0.4, 0.5) is 5.69 Å². The highest BCUT2D eigenvalue weighted by Gasteiger charge is 2.14. The molecule has 0 aromatic heterocycles. The standard InChI is InChI=1S/C13H19ClN2O4S/c1-10(17)16-12-3-5-13(6-4-12)21(18,19)15-8-7-11(14)9-20-2/h3-6,11,15H,7-9H2,1-2H3,(H,16,17). The van der Waals surface area contributed by atoms with Crippen molar-refractivity contribution >= 4 is 33.2 Å². The normalized spacial score (nSPS) is 12.9. The van der Waals surface area contributed by atoms with E-state index in [2.05, 4.69) is 10.0 Å². The summed E-state index contributed by atoms with van der Waals surface area (Å²) < 4.78 is 31.4. The van der Waals surface area contributed by atoms with Crippen LogP contribution in [0, 0.1) is 0 Å². The van der Waals surface area contributed by atoms with Crippen LogP contribution in [-0.2, 0) is 19.6 Å². The van der Waals surface area contributed by atoms with E-state index in [1.165, 1.54) is 38.3 Å². The SMILES string of the molecule is COCC(Cl)CCNS(=O)(=O)c1ccc(NC(C)=O)cc1. The van der Waals surface area contributed by atoms with Crippen LogP contribution in [0.15, 0.2) is 29.2 Å². The fourth-order valence-corrected chi connectivity index (χ4v) is 2.90. The summed E-state index contributed by atoms with van der Waals surface area (Å²) in [6.45, 7) is 1.98. The summed E-state index contributed by atoms with van der Waals surface area (Å²) in [5, 5.41) is 2.33. The maximum atomic E-state index is 12.0. The lowest BCUT2D eigenvalue weighted by Crippen LogP contribution is -2.27. The van der Waals surface area contributed by atoms with Gasteiger partial charge in [0.1, 0.15) is 0 Å². The smallest absolute Gasteiger partial charge is 0.240 e. The third-order valence-electron chi connectivity index (χ3n) is 2.58. The molecule has 1 aromatic carbocycles. The van der Waals surface area contributed by atoms with E-state index >= 15 is 0 Å². The van der Waals surface area contributed by atoms with Crippen LogP contribution in [0.25, 0.3) is 0 Å². The molecule has 0 saturated carbocycles. The summed E-state index contributed by atoms with van der Waals surface area (Å²) in [5.41, 5.74) is 0.544. The molecule has 118 valence electrons. The van der Waals surface area contributed by atoms with Crippen LogP contribution in [0.2, 0.25) is 0 Å². The molecular weight excluding hydrogens is 316 g/mol. The van der Waals surface area contributed by atoms with Crippen molar-refractivity contribution in [3.8, 4) is 0 Å². The molecule has 1 unspecified atom stereocenters. The van der Waals surface area contributed by atoms with E-state index < -0.39 is 10.0 Å².